The maximum absolute atomic E-state index is 14.9. The lowest BCUT2D eigenvalue weighted by Crippen LogP contribution is -2.51. The van der Waals surface area contributed by atoms with Gasteiger partial charge in [-0.05, 0) is 55.3 Å². The maximum Gasteiger partial charge on any atom is 0.264 e. The van der Waals surface area contributed by atoms with Crippen LogP contribution in [0.4, 0.5) is 10.1 Å². The Morgan fingerprint density at radius 2 is 1.68 bits per heavy atom. The van der Waals surface area contributed by atoms with Crippen molar-refractivity contribution in [2.24, 2.45) is 0 Å². The number of amides is 2. The van der Waals surface area contributed by atoms with Crippen LogP contribution in [0, 0.1) is 5.82 Å². The fourth-order valence-electron chi connectivity index (χ4n) is 3.70. The molecule has 0 spiro atoms. The van der Waals surface area contributed by atoms with Crippen molar-refractivity contribution < 1.29 is 22.4 Å². The molecule has 37 heavy (non-hydrogen) atoms. The summed E-state index contributed by atoms with van der Waals surface area (Å²) in [6.07, 6.45) is 0.717. The Kier molecular flexibility index (Phi) is 9.82. The zero-order chi connectivity index (χ0) is 27.0. The largest absolute Gasteiger partial charge is 0.354 e. The highest BCUT2D eigenvalue weighted by Gasteiger charge is 2.33. The van der Waals surface area contributed by atoms with E-state index in [4.69, 9.17) is 0 Å². The Labute approximate surface area is 225 Å². The molecule has 10 heteroatoms. The molecule has 0 fully saturated rings. The maximum atomic E-state index is 14.9. The molecular formula is C27H29BrFN3O4S. The molecule has 0 saturated heterocycles. The Morgan fingerprint density at radius 1 is 1.00 bits per heavy atom. The molecule has 0 aromatic heterocycles. The number of anilines is 1. The van der Waals surface area contributed by atoms with Gasteiger partial charge in [0.05, 0.1) is 10.6 Å². The summed E-state index contributed by atoms with van der Waals surface area (Å²) in [7, 11) is -4.31. The molecule has 3 aromatic rings. The molecule has 0 aliphatic heterocycles. The predicted molar refractivity (Wildman–Crippen MR) is 145 cm³/mol. The lowest BCUT2D eigenvalue weighted by Gasteiger charge is -2.32. The summed E-state index contributed by atoms with van der Waals surface area (Å²) < 4.78 is 43.6. The lowest BCUT2D eigenvalue weighted by atomic mass is 10.1. The Balaban J connectivity index is 2.02. The van der Waals surface area contributed by atoms with Gasteiger partial charge < -0.3 is 10.2 Å². The second-order valence-corrected chi connectivity index (χ2v) is 11.2. The van der Waals surface area contributed by atoms with Crippen LogP contribution < -0.4 is 9.62 Å². The van der Waals surface area contributed by atoms with Gasteiger partial charge in [-0.15, -0.1) is 0 Å². The average Bonchev–Trinajstić information content (AvgIpc) is 2.89. The van der Waals surface area contributed by atoms with E-state index < -0.39 is 34.3 Å². The summed E-state index contributed by atoms with van der Waals surface area (Å²) in [6.45, 7) is 3.29. The third-order valence-electron chi connectivity index (χ3n) is 5.69. The van der Waals surface area contributed by atoms with E-state index >= 15 is 0 Å². The minimum atomic E-state index is -4.31. The Morgan fingerprint density at radius 3 is 2.32 bits per heavy atom. The van der Waals surface area contributed by atoms with Gasteiger partial charge in [0.2, 0.25) is 11.8 Å². The van der Waals surface area contributed by atoms with Crippen LogP contribution in [0.2, 0.25) is 0 Å². The van der Waals surface area contributed by atoms with E-state index in [1.165, 1.54) is 35.2 Å². The van der Waals surface area contributed by atoms with Gasteiger partial charge in [0.25, 0.3) is 10.0 Å². The monoisotopic (exact) mass is 589 g/mol. The Bertz CT molecular complexity index is 1340. The number of hydrogen-bond acceptors (Lipinski definition) is 4. The van der Waals surface area contributed by atoms with Crippen molar-refractivity contribution in [2.45, 2.75) is 37.8 Å². The Hall–Kier alpha value is -3.24. The van der Waals surface area contributed by atoms with Gasteiger partial charge in [0.15, 0.2) is 0 Å². The summed E-state index contributed by atoms with van der Waals surface area (Å²) in [5, 5.41) is 2.78. The fourth-order valence-corrected chi connectivity index (χ4v) is 5.59. The molecule has 1 N–H and O–H groups in total. The van der Waals surface area contributed by atoms with E-state index in [-0.39, 0.29) is 23.0 Å². The van der Waals surface area contributed by atoms with E-state index in [9.17, 15) is 22.4 Å². The van der Waals surface area contributed by atoms with Crippen LogP contribution >= 0.6 is 15.9 Å². The van der Waals surface area contributed by atoms with Crippen molar-refractivity contribution in [1.29, 1.82) is 0 Å². The molecule has 0 aliphatic rings. The number of sulfonamides is 1. The van der Waals surface area contributed by atoms with Crippen LogP contribution in [-0.2, 0) is 26.2 Å². The quantitative estimate of drug-likeness (QED) is 0.350. The molecule has 0 heterocycles. The van der Waals surface area contributed by atoms with Crippen LogP contribution in [0.5, 0.6) is 0 Å². The minimum Gasteiger partial charge on any atom is -0.354 e. The second kappa shape index (κ2) is 12.8. The number of nitrogens with zero attached hydrogens (tertiary/aromatic N) is 2. The number of carbonyl (C=O) groups is 2. The first-order valence-electron chi connectivity index (χ1n) is 11.8. The van der Waals surface area contributed by atoms with Gasteiger partial charge in [-0.25, -0.2) is 12.8 Å². The van der Waals surface area contributed by atoms with Crippen LogP contribution in [0.3, 0.4) is 0 Å². The zero-order valence-electron chi connectivity index (χ0n) is 20.6. The number of halogens is 2. The summed E-state index contributed by atoms with van der Waals surface area (Å²) in [4.78, 5) is 27.8. The van der Waals surface area contributed by atoms with Gasteiger partial charge in [-0.2, -0.15) is 0 Å². The average molecular weight is 591 g/mol. The topological polar surface area (TPSA) is 86.8 Å². The van der Waals surface area contributed by atoms with Crippen molar-refractivity contribution in [3.05, 3.63) is 94.7 Å². The normalized spacial score (nSPS) is 12.0. The number of hydrogen-bond donors (Lipinski definition) is 1. The molecule has 196 valence electrons. The van der Waals surface area contributed by atoms with Gasteiger partial charge in [0, 0.05) is 17.6 Å². The van der Waals surface area contributed by atoms with Crippen molar-refractivity contribution >= 4 is 43.5 Å². The first-order valence-corrected chi connectivity index (χ1v) is 14.0. The van der Waals surface area contributed by atoms with Crippen molar-refractivity contribution in [1.82, 2.24) is 10.2 Å². The standard InChI is InChI=1S/C27H29BrFN3O4S/c1-3-16-30-27(34)20(2)31(18-21-10-9-11-22(28)17-21)26(33)19-32(25-15-8-7-14-24(25)29)37(35,36)23-12-5-4-6-13-23/h4-15,17,20H,3,16,18-19H2,1-2H3,(H,30,34)/t20-/m0/s1. The first-order chi connectivity index (χ1) is 17.6. The number of nitrogens with one attached hydrogen (secondary N) is 1. The molecule has 0 unspecified atom stereocenters. The van der Waals surface area contributed by atoms with Crippen LogP contribution in [0.1, 0.15) is 25.8 Å². The molecule has 0 aliphatic carbocycles. The van der Waals surface area contributed by atoms with E-state index in [2.05, 4.69) is 21.2 Å². The molecule has 0 saturated carbocycles. The molecule has 3 aromatic carbocycles. The summed E-state index contributed by atoms with van der Waals surface area (Å²) in [5.74, 6) is -1.81. The van der Waals surface area contributed by atoms with Crippen LogP contribution in [0.25, 0.3) is 0 Å². The van der Waals surface area contributed by atoms with Crippen LogP contribution in [-0.4, -0.2) is 44.3 Å². The number of benzene rings is 3. The third kappa shape index (κ3) is 7.17. The molecule has 0 radical (unpaired) electrons. The SMILES string of the molecule is CCCNC(=O)[C@H](C)N(Cc1cccc(Br)c1)C(=O)CN(c1ccccc1F)S(=O)(=O)c1ccccc1. The zero-order valence-corrected chi connectivity index (χ0v) is 23.0. The molecule has 7 nitrogen and oxygen atoms in total. The predicted octanol–water partition coefficient (Wildman–Crippen LogP) is 4.73. The fraction of sp³-hybridized carbons (Fsp3) is 0.259. The van der Waals surface area contributed by atoms with Crippen molar-refractivity contribution in [2.75, 3.05) is 17.4 Å². The molecule has 3 rings (SSSR count). The van der Waals surface area contributed by atoms with Gasteiger partial charge in [-0.3, -0.25) is 13.9 Å². The summed E-state index contributed by atoms with van der Waals surface area (Å²) in [6, 6.07) is 19.2. The third-order valence-corrected chi connectivity index (χ3v) is 7.96. The van der Waals surface area contributed by atoms with Gasteiger partial charge in [-0.1, -0.05) is 65.3 Å². The number of para-hydroxylation sites is 1. The number of rotatable bonds is 11. The van der Waals surface area contributed by atoms with E-state index in [0.29, 0.717) is 13.0 Å². The van der Waals surface area contributed by atoms with Gasteiger partial charge in [0.1, 0.15) is 18.4 Å². The molecular weight excluding hydrogens is 561 g/mol. The van der Waals surface area contributed by atoms with E-state index in [1.807, 2.05) is 19.1 Å². The first kappa shape index (κ1) is 28.3. The summed E-state index contributed by atoms with van der Waals surface area (Å²) >= 11 is 3.41. The lowest BCUT2D eigenvalue weighted by molar-refractivity contribution is -0.139. The molecule has 1 atom stereocenters. The summed E-state index contributed by atoms with van der Waals surface area (Å²) in [5.41, 5.74) is 0.478. The van der Waals surface area contributed by atoms with E-state index in [0.717, 1.165) is 20.4 Å². The highest BCUT2D eigenvalue weighted by atomic mass is 79.9. The smallest absolute Gasteiger partial charge is 0.264 e. The second-order valence-electron chi connectivity index (χ2n) is 8.39. The van der Waals surface area contributed by atoms with E-state index in [1.54, 1.807) is 37.3 Å². The highest BCUT2D eigenvalue weighted by Crippen LogP contribution is 2.27. The van der Waals surface area contributed by atoms with Crippen molar-refractivity contribution in [3.8, 4) is 0 Å². The van der Waals surface area contributed by atoms with Gasteiger partial charge >= 0.3 is 0 Å². The minimum absolute atomic E-state index is 0.0511. The molecule has 2 amide bonds. The van der Waals surface area contributed by atoms with Crippen molar-refractivity contribution in [3.63, 3.8) is 0 Å². The highest BCUT2D eigenvalue weighted by molar-refractivity contribution is 9.10. The number of carbonyl (C=O) groups excluding carboxylic acids is 2. The molecule has 0 bridgehead atoms. The van der Waals surface area contributed by atoms with Crippen LogP contribution in [0.15, 0.2) is 88.2 Å².